The van der Waals surface area contributed by atoms with Crippen molar-refractivity contribution in [1.29, 1.82) is 0 Å². The molecule has 0 radical (unpaired) electrons. The van der Waals surface area contributed by atoms with E-state index in [1.54, 1.807) is 25.3 Å². The van der Waals surface area contributed by atoms with Crippen LogP contribution in [0.5, 0.6) is 5.75 Å². The van der Waals surface area contributed by atoms with Gasteiger partial charge in [-0.1, -0.05) is 17.7 Å². The Kier molecular flexibility index (Phi) is 7.30. The Bertz CT molecular complexity index is 1140. The number of halogens is 2. The van der Waals surface area contributed by atoms with E-state index >= 15 is 0 Å². The van der Waals surface area contributed by atoms with E-state index in [1.165, 1.54) is 18.4 Å². The van der Waals surface area contributed by atoms with E-state index in [0.717, 1.165) is 27.5 Å². The zero-order valence-corrected chi connectivity index (χ0v) is 18.5. The summed E-state index contributed by atoms with van der Waals surface area (Å²) >= 11 is 7.54. The lowest BCUT2D eigenvalue weighted by Gasteiger charge is -2.08. The number of rotatable bonds is 5. The Morgan fingerprint density at radius 2 is 1.86 bits per heavy atom. The molecule has 0 unspecified atom stereocenters. The van der Waals surface area contributed by atoms with Gasteiger partial charge in [-0.15, -0.1) is 23.7 Å². The quantitative estimate of drug-likeness (QED) is 0.626. The van der Waals surface area contributed by atoms with E-state index < -0.39 is 10.0 Å². The number of methoxy groups -OCH3 is 1. The third kappa shape index (κ3) is 4.59. The lowest BCUT2D eigenvalue weighted by Crippen LogP contribution is -2.19. The first-order chi connectivity index (χ1) is 12.9. The van der Waals surface area contributed by atoms with Gasteiger partial charge in [0.25, 0.3) is 0 Å². The fraction of sp³-hybridized carbons (Fsp3) is 0.167. The van der Waals surface area contributed by atoms with Crippen LogP contribution in [0.25, 0.3) is 11.3 Å². The summed E-state index contributed by atoms with van der Waals surface area (Å²) in [5.74, 6) is 0.768. The van der Waals surface area contributed by atoms with Crippen LogP contribution in [0.2, 0.25) is 5.02 Å². The molecule has 0 saturated carbocycles. The molecule has 0 aliphatic heterocycles. The van der Waals surface area contributed by atoms with Crippen molar-refractivity contribution in [3.63, 3.8) is 0 Å². The molecule has 1 N–H and O–H groups in total. The highest BCUT2D eigenvalue weighted by molar-refractivity contribution is 7.89. The third-order valence-electron chi connectivity index (χ3n) is 4.01. The van der Waals surface area contributed by atoms with Gasteiger partial charge in [-0.25, -0.2) is 18.1 Å². The number of hydrogen-bond acceptors (Lipinski definition) is 5. The minimum atomic E-state index is -3.64. The van der Waals surface area contributed by atoms with Crippen molar-refractivity contribution in [3.8, 4) is 17.0 Å². The first-order valence-corrected chi connectivity index (χ1v) is 10.7. The van der Waals surface area contributed by atoms with E-state index in [9.17, 15) is 8.42 Å². The number of sulfonamides is 1. The number of nitrogens with zero attached hydrogens (tertiary/aromatic N) is 2. The molecule has 0 saturated heterocycles. The van der Waals surface area contributed by atoms with Gasteiger partial charge in [0.1, 0.15) is 10.6 Å². The molecule has 2 aromatic carbocycles. The second-order valence-electron chi connectivity index (χ2n) is 5.63. The highest BCUT2D eigenvalue weighted by atomic mass is 35.5. The van der Waals surface area contributed by atoms with Crippen LogP contribution in [0.15, 0.2) is 57.7 Å². The van der Waals surface area contributed by atoms with Gasteiger partial charge < -0.3 is 9.30 Å². The second-order valence-corrected chi connectivity index (χ2v) is 8.72. The molecule has 0 bridgehead atoms. The molecular weight excluding hydrogens is 441 g/mol. The minimum absolute atomic E-state index is 0. The number of hydrogen-bond donors (Lipinski definition) is 1. The Hall–Kier alpha value is -1.84. The first kappa shape index (κ1) is 22.4. The molecule has 150 valence electrons. The van der Waals surface area contributed by atoms with E-state index in [-0.39, 0.29) is 22.3 Å². The fourth-order valence-corrected chi connectivity index (χ4v) is 4.65. The monoisotopic (exact) mass is 459 g/mol. The molecule has 0 spiro atoms. The molecule has 10 heteroatoms. The zero-order chi connectivity index (χ0) is 19.6. The largest absolute Gasteiger partial charge is 0.497 e. The molecule has 0 atom stereocenters. The SMILES string of the molecule is CNS(=O)(=O)c1cc(-c2csc(=Nc3ccc(OC)cc3)n2C)ccc1Cl.Cl. The van der Waals surface area contributed by atoms with Gasteiger partial charge in [-0.05, 0) is 43.4 Å². The highest BCUT2D eigenvalue weighted by Crippen LogP contribution is 2.28. The average Bonchev–Trinajstić information content (AvgIpc) is 3.03. The van der Waals surface area contributed by atoms with Crippen LogP contribution in [0.4, 0.5) is 5.69 Å². The molecule has 0 fully saturated rings. The molecule has 1 aromatic heterocycles. The number of thiazole rings is 1. The average molecular weight is 460 g/mol. The number of ether oxygens (including phenoxy) is 1. The van der Waals surface area contributed by atoms with E-state index in [0.29, 0.717) is 0 Å². The highest BCUT2D eigenvalue weighted by Gasteiger charge is 2.17. The number of aromatic nitrogens is 1. The van der Waals surface area contributed by atoms with Gasteiger partial charge in [0.2, 0.25) is 10.0 Å². The summed E-state index contributed by atoms with van der Waals surface area (Å²) in [6, 6.07) is 12.4. The van der Waals surface area contributed by atoms with Gasteiger partial charge in [-0.3, -0.25) is 0 Å². The van der Waals surface area contributed by atoms with Gasteiger partial charge in [-0.2, -0.15) is 0 Å². The minimum Gasteiger partial charge on any atom is -0.497 e. The first-order valence-electron chi connectivity index (χ1n) is 7.92. The standard InChI is InChI=1S/C18H18ClN3O3S2.ClH/c1-20-27(23,24)17-10-12(4-9-15(17)19)16-11-26-18(22(16)2)21-13-5-7-14(25-3)8-6-13;/h4-11,20H,1-3H3;1H. The van der Waals surface area contributed by atoms with Gasteiger partial charge in [0, 0.05) is 18.0 Å². The van der Waals surface area contributed by atoms with Crippen molar-refractivity contribution in [3.05, 3.63) is 57.7 Å². The summed E-state index contributed by atoms with van der Waals surface area (Å²) in [6.07, 6.45) is 0. The molecule has 6 nitrogen and oxygen atoms in total. The maximum Gasteiger partial charge on any atom is 0.241 e. The van der Waals surface area contributed by atoms with E-state index in [4.69, 9.17) is 16.3 Å². The maximum absolute atomic E-state index is 12.2. The Morgan fingerprint density at radius 1 is 1.18 bits per heavy atom. The van der Waals surface area contributed by atoms with Crippen LogP contribution in [0, 0.1) is 0 Å². The lowest BCUT2D eigenvalue weighted by molar-refractivity contribution is 0.415. The summed E-state index contributed by atoms with van der Waals surface area (Å²) in [7, 11) is 1.21. The molecule has 3 rings (SSSR count). The van der Waals surface area contributed by atoms with Crippen molar-refractivity contribution in [2.75, 3.05) is 14.2 Å². The smallest absolute Gasteiger partial charge is 0.241 e. The van der Waals surface area contributed by atoms with Crippen molar-refractivity contribution >= 4 is 51.1 Å². The van der Waals surface area contributed by atoms with E-state index in [1.807, 2.05) is 41.3 Å². The molecule has 1 heterocycles. The topological polar surface area (TPSA) is 72.7 Å². The summed E-state index contributed by atoms with van der Waals surface area (Å²) in [6.45, 7) is 0. The van der Waals surface area contributed by atoms with Crippen molar-refractivity contribution in [2.24, 2.45) is 12.0 Å². The second kappa shape index (κ2) is 9.11. The van der Waals surface area contributed by atoms with Crippen LogP contribution in [-0.4, -0.2) is 27.1 Å². The molecule has 0 aliphatic carbocycles. The van der Waals surface area contributed by atoms with Crippen molar-refractivity contribution < 1.29 is 13.2 Å². The Labute approximate surface area is 178 Å². The van der Waals surface area contributed by atoms with Crippen molar-refractivity contribution in [1.82, 2.24) is 9.29 Å². The summed E-state index contributed by atoms with van der Waals surface area (Å²) in [5.41, 5.74) is 2.38. The van der Waals surface area contributed by atoms with Gasteiger partial charge >= 0.3 is 0 Å². The molecular formula is C18H19Cl2N3O3S2. The van der Waals surface area contributed by atoms with Crippen LogP contribution in [-0.2, 0) is 17.1 Å². The van der Waals surface area contributed by atoms with Crippen LogP contribution < -0.4 is 14.3 Å². The predicted molar refractivity (Wildman–Crippen MR) is 115 cm³/mol. The molecule has 28 heavy (non-hydrogen) atoms. The predicted octanol–water partition coefficient (Wildman–Crippen LogP) is 3.98. The Morgan fingerprint density at radius 3 is 2.46 bits per heavy atom. The van der Waals surface area contributed by atoms with Gasteiger partial charge in [0.15, 0.2) is 4.80 Å². The summed E-state index contributed by atoms with van der Waals surface area (Å²) in [5, 5.41) is 2.11. The van der Waals surface area contributed by atoms with Gasteiger partial charge in [0.05, 0.1) is 23.5 Å². The zero-order valence-electron chi connectivity index (χ0n) is 15.3. The Balaban J connectivity index is 0.00000280. The number of nitrogens with one attached hydrogen (secondary N) is 1. The molecule has 3 aromatic rings. The summed E-state index contributed by atoms with van der Waals surface area (Å²) in [4.78, 5) is 5.46. The van der Waals surface area contributed by atoms with E-state index in [2.05, 4.69) is 9.71 Å². The maximum atomic E-state index is 12.2. The third-order valence-corrected chi connectivity index (χ3v) is 6.82. The summed E-state index contributed by atoms with van der Waals surface area (Å²) < 4.78 is 33.7. The lowest BCUT2D eigenvalue weighted by atomic mass is 10.2. The molecule has 0 amide bonds. The van der Waals surface area contributed by atoms with Crippen LogP contribution in [0.1, 0.15) is 0 Å². The van der Waals surface area contributed by atoms with Crippen molar-refractivity contribution in [2.45, 2.75) is 4.90 Å². The van der Waals surface area contributed by atoms with Crippen LogP contribution in [0.3, 0.4) is 0 Å². The number of benzene rings is 2. The molecule has 0 aliphatic rings. The fourth-order valence-electron chi connectivity index (χ4n) is 2.48. The normalized spacial score (nSPS) is 11.9. The van der Waals surface area contributed by atoms with Crippen LogP contribution >= 0.6 is 35.3 Å².